The van der Waals surface area contributed by atoms with Gasteiger partial charge in [-0.05, 0) is 19.3 Å². The van der Waals surface area contributed by atoms with E-state index in [4.69, 9.17) is 16.4 Å². The van der Waals surface area contributed by atoms with E-state index in [1.165, 1.54) is 0 Å². The predicted molar refractivity (Wildman–Crippen MR) is 47.2 cm³/mol. The van der Waals surface area contributed by atoms with Crippen molar-refractivity contribution >= 4 is 11.8 Å². The van der Waals surface area contributed by atoms with E-state index >= 15 is 0 Å². The molecule has 1 fully saturated rings. The zero-order valence-corrected chi connectivity index (χ0v) is 7.71. The van der Waals surface area contributed by atoms with Crippen molar-refractivity contribution in [3.05, 3.63) is 0 Å². The highest BCUT2D eigenvalue weighted by molar-refractivity contribution is 6.08. The largest absolute Gasteiger partial charge is 0.356 e. The molecule has 7 heteroatoms. The van der Waals surface area contributed by atoms with Gasteiger partial charge in [-0.25, -0.2) is 11.7 Å². The first-order chi connectivity index (χ1) is 6.67. The first-order valence-electron chi connectivity index (χ1n) is 4.33. The minimum absolute atomic E-state index is 0.291. The summed E-state index contributed by atoms with van der Waals surface area (Å²) in [6.07, 6.45) is 1.83. The molecule has 0 aromatic carbocycles. The summed E-state index contributed by atoms with van der Waals surface area (Å²) in [5.41, 5.74) is 2.27. The summed E-state index contributed by atoms with van der Waals surface area (Å²) in [6.45, 7) is 0.348. The molecule has 6 N–H and O–H groups in total. The van der Waals surface area contributed by atoms with Crippen LogP contribution in [-0.4, -0.2) is 24.0 Å². The van der Waals surface area contributed by atoms with Gasteiger partial charge >= 0.3 is 0 Å². The maximum atomic E-state index is 11.4. The van der Waals surface area contributed by atoms with Crippen LogP contribution < -0.4 is 22.5 Å². The normalized spacial score (nSPS) is 19.9. The fraction of sp³-hybridized carbons (Fsp3) is 0.714. The molecule has 2 amide bonds. The fourth-order valence-electron chi connectivity index (χ4n) is 1.49. The molecule has 14 heavy (non-hydrogen) atoms. The molecule has 1 rings (SSSR count). The highest BCUT2D eigenvalue weighted by Gasteiger charge is 2.47. The molecule has 0 atom stereocenters. The Bertz CT molecular complexity index is 219. The van der Waals surface area contributed by atoms with Crippen LogP contribution in [0, 0.1) is 0 Å². The maximum Gasteiger partial charge on any atom is 0.276 e. The Morgan fingerprint density at radius 2 is 1.71 bits per heavy atom. The molecule has 0 radical (unpaired) electrons. The van der Waals surface area contributed by atoms with Gasteiger partial charge in [-0.2, -0.15) is 0 Å². The molecular formula is C7H14N4O3. The van der Waals surface area contributed by atoms with E-state index in [-0.39, 0.29) is 0 Å². The van der Waals surface area contributed by atoms with Gasteiger partial charge in [0, 0.05) is 6.61 Å². The Morgan fingerprint density at radius 3 is 2.07 bits per heavy atom. The second-order valence-corrected chi connectivity index (χ2v) is 3.08. The highest BCUT2D eigenvalue weighted by Crippen LogP contribution is 2.25. The molecule has 0 bridgehead atoms. The Balaban J connectivity index is 2.87. The lowest BCUT2D eigenvalue weighted by Gasteiger charge is -2.32. The van der Waals surface area contributed by atoms with Gasteiger partial charge < -0.3 is 4.74 Å². The molecule has 1 saturated heterocycles. The fourth-order valence-corrected chi connectivity index (χ4v) is 1.49. The first kappa shape index (κ1) is 10.9. The van der Waals surface area contributed by atoms with Crippen molar-refractivity contribution in [1.29, 1.82) is 0 Å². The van der Waals surface area contributed by atoms with E-state index in [9.17, 15) is 9.59 Å². The predicted octanol–water partition coefficient (Wildman–Crippen LogP) is -2.09. The minimum Gasteiger partial charge on any atom is -0.356 e. The number of rotatable bonds is 2. The van der Waals surface area contributed by atoms with Crippen LogP contribution in [-0.2, 0) is 14.3 Å². The van der Waals surface area contributed by atoms with E-state index in [0.29, 0.717) is 13.0 Å². The topological polar surface area (TPSA) is 119 Å². The number of hydrogen-bond acceptors (Lipinski definition) is 5. The molecule has 1 heterocycles. The van der Waals surface area contributed by atoms with Crippen LogP contribution in [0.25, 0.3) is 0 Å². The Labute approximate surface area is 81.1 Å². The van der Waals surface area contributed by atoms with Crippen LogP contribution in [0.5, 0.6) is 0 Å². The van der Waals surface area contributed by atoms with Gasteiger partial charge in [0.2, 0.25) is 5.60 Å². The third-order valence-corrected chi connectivity index (χ3v) is 2.27. The van der Waals surface area contributed by atoms with Crippen molar-refractivity contribution in [2.75, 3.05) is 6.61 Å². The van der Waals surface area contributed by atoms with Gasteiger partial charge in [-0.1, -0.05) is 0 Å². The van der Waals surface area contributed by atoms with E-state index in [1.54, 1.807) is 0 Å². The molecule has 0 aliphatic carbocycles. The number of nitrogens with two attached hydrogens (primary N) is 2. The van der Waals surface area contributed by atoms with Crippen molar-refractivity contribution in [2.45, 2.75) is 24.9 Å². The summed E-state index contributed by atoms with van der Waals surface area (Å²) in [7, 11) is 0. The maximum absolute atomic E-state index is 11.4. The summed E-state index contributed by atoms with van der Waals surface area (Å²) >= 11 is 0. The van der Waals surface area contributed by atoms with E-state index in [1.807, 2.05) is 10.9 Å². The number of ether oxygens (including phenoxy) is 1. The van der Waals surface area contributed by atoms with E-state index < -0.39 is 17.4 Å². The zero-order valence-electron chi connectivity index (χ0n) is 7.71. The van der Waals surface area contributed by atoms with Crippen molar-refractivity contribution < 1.29 is 14.3 Å². The lowest BCUT2D eigenvalue weighted by Crippen LogP contribution is -2.62. The summed E-state index contributed by atoms with van der Waals surface area (Å²) in [6, 6.07) is 0. The van der Waals surface area contributed by atoms with E-state index in [0.717, 1.165) is 12.8 Å². The van der Waals surface area contributed by atoms with Crippen LogP contribution in [0.4, 0.5) is 0 Å². The Kier molecular flexibility index (Phi) is 3.39. The van der Waals surface area contributed by atoms with Crippen molar-refractivity contribution in [3.8, 4) is 0 Å². The molecule has 7 nitrogen and oxygen atoms in total. The lowest BCUT2D eigenvalue weighted by atomic mass is 9.92. The van der Waals surface area contributed by atoms with Crippen molar-refractivity contribution in [3.63, 3.8) is 0 Å². The van der Waals surface area contributed by atoms with E-state index in [2.05, 4.69) is 0 Å². The number of amides is 2. The minimum atomic E-state index is -1.55. The second-order valence-electron chi connectivity index (χ2n) is 3.08. The number of hydrazine groups is 2. The quantitative estimate of drug-likeness (QED) is 0.177. The summed E-state index contributed by atoms with van der Waals surface area (Å²) in [5, 5.41) is 0. The standard InChI is InChI=1S/C7H14N4O3/c8-10-5(12)7(6(13)11-9)3-1-2-4-14-7/h1-4,8-9H2,(H,10,12)(H,11,13). The second kappa shape index (κ2) is 4.36. The average molecular weight is 202 g/mol. The summed E-state index contributed by atoms with van der Waals surface area (Å²) < 4.78 is 5.19. The van der Waals surface area contributed by atoms with Crippen LogP contribution >= 0.6 is 0 Å². The lowest BCUT2D eigenvalue weighted by molar-refractivity contribution is -0.167. The summed E-state index contributed by atoms with van der Waals surface area (Å²) in [4.78, 5) is 22.8. The number of carbonyl (C=O) groups is 2. The van der Waals surface area contributed by atoms with Gasteiger partial charge in [-0.3, -0.25) is 20.4 Å². The van der Waals surface area contributed by atoms with Gasteiger partial charge in [0.1, 0.15) is 0 Å². The highest BCUT2D eigenvalue weighted by atomic mass is 16.5. The molecule has 0 unspecified atom stereocenters. The molecular weight excluding hydrogens is 188 g/mol. The SMILES string of the molecule is NNC(=O)C1(C(=O)NN)CCCCO1. The number of carbonyl (C=O) groups excluding carboxylic acids is 2. The molecule has 0 aromatic heterocycles. The smallest absolute Gasteiger partial charge is 0.276 e. The Hall–Kier alpha value is -1.18. The van der Waals surface area contributed by atoms with Gasteiger partial charge in [0.05, 0.1) is 0 Å². The van der Waals surface area contributed by atoms with Gasteiger partial charge in [0.25, 0.3) is 11.8 Å². The number of hydrogen-bond donors (Lipinski definition) is 4. The third-order valence-electron chi connectivity index (χ3n) is 2.27. The summed E-state index contributed by atoms with van der Waals surface area (Å²) in [5.74, 6) is 8.63. The van der Waals surface area contributed by atoms with Crippen LogP contribution in [0.1, 0.15) is 19.3 Å². The first-order valence-corrected chi connectivity index (χ1v) is 4.33. The third kappa shape index (κ3) is 1.69. The number of nitrogens with one attached hydrogen (secondary N) is 2. The van der Waals surface area contributed by atoms with Crippen molar-refractivity contribution in [2.24, 2.45) is 11.7 Å². The molecule has 1 aliphatic rings. The van der Waals surface area contributed by atoms with Gasteiger partial charge in [-0.15, -0.1) is 0 Å². The Morgan fingerprint density at radius 1 is 1.14 bits per heavy atom. The molecule has 0 saturated carbocycles. The van der Waals surface area contributed by atoms with Gasteiger partial charge in [0.15, 0.2) is 0 Å². The molecule has 80 valence electrons. The van der Waals surface area contributed by atoms with Crippen LogP contribution in [0.3, 0.4) is 0 Å². The van der Waals surface area contributed by atoms with Crippen LogP contribution in [0.15, 0.2) is 0 Å². The van der Waals surface area contributed by atoms with Crippen molar-refractivity contribution in [1.82, 2.24) is 10.9 Å². The van der Waals surface area contributed by atoms with Crippen LogP contribution in [0.2, 0.25) is 0 Å². The molecule has 0 spiro atoms. The zero-order chi connectivity index (χ0) is 10.6. The average Bonchev–Trinajstić information content (AvgIpc) is 2.27. The monoisotopic (exact) mass is 202 g/mol. The molecule has 0 aromatic rings. The molecule has 1 aliphatic heterocycles.